The molecule has 0 amide bonds. The van der Waals surface area contributed by atoms with Crippen molar-refractivity contribution in [3.05, 3.63) is 29.3 Å². The number of hydrogen-bond donors (Lipinski definition) is 1. The number of methoxy groups -OCH3 is 1. The maximum atomic E-state index is 5.24. The van der Waals surface area contributed by atoms with E-state index in [2.05, 4.69) is 37.4 Å². The van der Waals surface area contributed by atoms with Crippen molar-refractivity contribution < 1.29 is 4.74 Å². The Bertz CT molecular complexity index is 310. The van der Waals surface area contributed by atoms with E-state index in [0.717, 1.165) is 25.3 Å². The third-order valence-corrected chi connectivity index (χ3v) is 2.76. The fraction of sp³-hybridized carbons (Fsp3) is 0.571. The summed E-state index contributed by atoms with van der Waals surface area (Å²) in [5.74, 6) is 0.975. The van der Waals surface area contributed by atoms with E-state index in [1.807, 2.05) is 0 Å². The molecule has 1 N–H and O–H groups in total. The van der Waals surface area contributed by atoms with E-state index < -0.39 is 0 Å². The summed E-state index contributed by atoms with van der Waals surface area (Å²) in [4.78, 5) is 0. The van der Waals surface area contributed by atoms with Gasteiger partial charge in [-0.2, -0.15) is 0 Å². The van der Waals surface area contributed by atoms with E-state index in [9.17, 15) is 0 Å². The highest BCUT2D eigenvalue weighted by atomic mass is 16.5. The fourth-order valence-electron chi connectivity index (χ4n) is 1.76. The quantitative estimate of drug-likeness (QED) is 0.715. The van der Waals surface area contributed by atoms with Crippen molar-refractivity contribution in [1.82, 2.24) is 5.32 Å². The van der Waals surface area contributed by atoms with Crippen LogP contribution < -0.4 is 10.1 Å². The predicted molar refractivity (Wildman–Crippen MR) is 69.2 cm³/mol. The highest BCUT2D eigenvalue weighted by molar-refractivity contribution is 5.36. The summed E-state index contributed by atoms with van der Waals surface area (Å²) in [6.07, 6.45) is 3.62. The number of hydrogen-bond acceptors (Lipinski definition) is 2. The van der Waals surface area contributed by atoms with E-state index >= 15 is 0 Å². The summed E-state index contributed by atoms with van der Waals surface area (Å²) in [5, 5.41) is 3.45. The topological polar surface area (TPSA) is 21.3 Å². The van der Waals surface area contributed by atoms with E-state index in [4.69, 9.17) is 4.74 Å². The zero-order chi connectivity index (χ0) is 11.8. The van der Waals surface area contributed by atoms with Gasteiger partial charge in [0.1, 0.15) is 5.75 Å². The van der Waals surface area contributed by atoms with Gasteiger partial charge in [0.25, 0.3) is 0 Å². The maximum Gasteiger partial charge on any atom is 0.121 e. The predicted octanol–water partition coefficient (Wildman–Crippen LogP) is 2.94. The number of unbranched alkanes of at least 4 members (excludes halogenated alkanes) is 1. The minimum Gasteiger partial charge on any atom is -0.496 e. The standard InChI is InChI=1S/C14H23NO/c1-4-5-9-15-10-8-13-6-7-14(16-3)12(2)11-13/h6-7,11,15H,4-5,8-10H2,1-3H3. The molecule has 0 radical (unpaired) electrons. The number of benzene rings is 1. The molecule has 0 heterocycles. The Morgan fingerprint density at radius 2 is 2.06 bits per heavy atom. The maximum absolute atomic E-state index is 5.24. The van der Waals surface area contributed by atoms with Gasteiger partial charge in [0.15, 0.2) is 0 Å². The van der Waals surface area contributed by atoms with E-state index in [0.29, 0.717) is 0 Å². The monoisotopic (exact) mass is 221 g/mol. The molecule has 2 heteroatoms. The number of aryl methyl sites for hydroxylation is 1. The second kappa shape index (κ2) is 7.29. The molecule has 1 rings (SSSR count). The molecule has 90 valence electrons. The van der Waals surface area contributed by atoms with E-state index in [1.54, 1.807) is 7.11 Å². The van der Waals surface area contributed by atoms with Crippen molar-refractivity contribution in [3.63, 3.8) is 0 Å². The normalized spacial score (nSPS) is 10.4. The largest absolute Gasteiger partial charge is 0.496 e. The first-order valence-electron chi connectivity index (χ1n) is 6.12. The van der Waals surface area contributed by atoms with Crippen LogP contribution in [0.3, 0.4) is 0 Å². The Labute approximate surface area is 99.0 Å². The number of ether oxygens (including phenoxy) is 1. The van der Waals surface area contributed by atoms with Crippen molar-refractivity contribution in [3.8, 4) is 5.75 Å². The molecule has 0 aliphatic rings. The molecule has 16 heavy (non-hydrogen) atoms. The highest BCUT2D eigenvalue weighted by Crippen LogP contribution is 2.18. The first-order chi connectivity index (χ1) is 7.77. The Balaban J connectivity index is 2.34. The van der Waals surface area contributed by atoms with Crippen LogP contribution in [0, 0.1) is 6.92 Å². The van der Waals surface area contributed by atoms with Gasteiger partial charge in [0.05, 0.1) is 7.11 Å². The summed E-state index contributed by atoms with van der Waals surface area (Å²) in [5.41, 5.74) is 2.59. The van der Waals surface area contributed by atoms with Gasteiger partial charge < -0.3 is 10.1 Å². The molecule has 0 fully saturated rings. The van der Waals surface area contributed by atoms with Crippen LogP contribution in [0.2, 0.25) is 0 Å². The number of rotatable bonds is 7. The van der Waals surface area contributed by atoms with Gasteiger partial charge >= 0.3 is 0 Å². The minimum atomic E-state index is 0.975. The summed E-state index contributed by atoms with van der Waals surface area (Å²) in [7, 11) is 1.72. The van der Waals surface area contributed by atoms with Crippen LogP contribution in [-0.4, -0.2) is 20.2 Å². The molecular formula is C14H23NO. The van der Waals surface area contributed by atoms with E-state index in [1.165, 1.54) is 24.0 Å². The van der Waals surface area contributed by atoms with Gasteiger partial charge in [-0.05, 0) is 50.0 Å². The molecule has 0 unspecified atom stereocenters. The summed E-state index contributed by atoms with van der Waals surface area (Å²) in [6, 6.07) is 6.41. The lowest BCUT2D eigenvalue weighted by molar-refractivity contribution is 0.411. The first kappa shape index (κ1) is 13.0. The van der Waals surface area contributed by atoms with Crippen molar-refractivity contribution in [2.24, 2.45) is 0 Å². The molecule has 0 atom stereocenters. The van der Waals surface area contributed by atoms with Crippen LogP contribution in [0.15, 0.2) is 18.2 Å². The molecule has 1 aromatic rings. The average molecular weight is 221 g/mol. The van der Waals surface area contributed by atoms with Crippen LogP contribution in [0.4, 0.5) is 0 Å². The molecule has 0 bridgehead atoms. The van der Waals surface area contributed by atoms with Gasteiger partial charge in [-0.1, -0.05) is 25.5 Å². The Morgan fingerprint density at radius 1 is 1.25 bits per heavy atom. The third-order valence-electron chi connectivity index (χ3n) is 2.76. The van der Waals surface area contributed by atoms with Crippen LogP contribution in [0.1, 0.15) is 30.9 Å². The molecule has 0 saturated carbocycles. The van der Waals surface area contributed by atoms with Crippen LogP contribution in [0.5, 0.6) is 5.75 Å². The van der Waals surface area contributed by atoms with Gasteiger partial charge in [-0.25, -0.2) is 0 Å². The molecule has 0 aromatic heterocycles. The lowest BCUT2D eigenvalue weighted by Crippen LogP contribution is -2.18. The summed E-state index contributed by atoms with van der Waals surface area (Å²) < 4.78 is 5.24. The average Bonchev–Trinajstić information content (AvgIpc) is 2.29. The van der Waals surface area contributed by atoms with Crippen molar-refractivity contribution in [2.75, 3.05) is 20.2 Å². The van der Waals surface area contributed by atoms with Crippen LogP contribution >= 0.6 is 0 Å². The van der Waals surface area contributed by atoms with Crippen LogP contribution in [-0.2, 0) is 6.42 Å². The second-order valence-electron chi connectivity index (χ2n) is 4.16. The van der Waals surface area contributed by atoms with Gasteiger partial charge in [-0.3, -0.25) is 0 Å². The molecule has 0 aliphatic carbocycles. The zero-order valence-corrected chi connectivity index (χ0v) is 10.7. The molecule has 0 spiro atoms. The number of nitrogens with one attached hydrogen (secondary N) is 1. The van der Waals surface area contributed by atoms with Crippen molar-refractivity contribution in [2.45, 2.75) is 33.1 Å². The molecule has 0 aliphatic heterocycles. The molecular weight excluding hydrogens is 198 g/mol. The Kier molecular flexibility index (Phi) is 5.94. The summed E-state index contributed by atoms with van der Waals surface area (Å²) in [6.45, 7) is 6.50. The zero-order valence-electron chi connectivity index (χ0n) is 10.7. The molecule has 0 saturated heterocycles. The summed E-state index contributed by atoms with van der Waals surface area (Å²) >= 11 is 0. The molecule has 2 nitrogen and oxygen atoms in total. The second-order valence-corrected chi connectivity index (χ2v) is 4.16. The lowest BCUT2D eigenvalue weighted by atomic mass is 10.1. The van der Waals surface area contributed by atoms with Gasteiger partial charge in [0.2, 0.25) is 0 Å². The van der Waals surface area contributed by atoms with Crippen molar-refractivity contribution in [1.29, 1.82) is 0 Å². The SMILES string of the molecule is CCCCNCCc1ccc(OC)c(C)c1. The lowest BCUT2D eigenvalue weighted by Gasteiger charge is -2.08. The highest BCUT2D eigenvalue weighted by Gasteiger charge is 1.99. The molecule has 1 aromatic carbocycles. The minimum absolute atomic E-state index is 0.975. The Morgan fingerprint density at radius 3 is 2.69 bits per heavy atom. The fourth-order valence-corrected chi connectivity index (χ4v) is 1.76. The first-order valence-corrected chi connectivity index (χ1v) is 6.12. The Hall–Kier alpha value is -1.02. The van der Waals surface area contributed by atoms with Crippen LogP contribution in [0.25, 0.3) is 0 Å². The van der Waals surface area contributed by atoms with Crippen molar-refractivity contribution >= 4 is 0 Å². The smallest absolute Gasteiger partial charge is 0.121 e. The van der Waals surface area contributed by atoms with Gasteiger partial charge in [0, 0.05) is 0 Å². The van der Waals surface area contributed by atoms with Gasteiger partial charge in [-0.15, -0.1) is 0 Å². The van der Waals surface area contributed by atoms with E-state index in [-0.39, 0.29) is 0 Å². The third kappa shape index (κ3) is 4.23.